The molecule has 4 nitrogen and oxygen atoms in total. The first-order valence-corrected chi connectivity index (χ1v) is 6.95. The van der Waals surface area contributed by atoms with E-state index in [0.717, 1.165) is 11.1 Å². The van der Waals surface area contributed by atoms with Gasteiger partial charge in [-0.2, -0.15) is 0 Å². The van der Waals surface area contributed by atoms with Crippen molar-refractivity contribution in [3.05, 3.63) is 77.9 Å². The molecular weight excluding hydrogens is 278 g/mol. The van der Waals surface area contributed by atoms with Gasteiger partial charge < -0.3 is 10.4 Å². The molecule has 2 aromatic carbocycles. The number of hydrogen-bond donors (Lipinski definition) is 2. The van der Waals surface area contributed by atoms with Crippen molar-refractivity contribution in [2.75, 3.05) is 0 Å². The molecule has 112 valence electrons. The van der Waals surface area contributed by atoms with E-state index in [1.165, 1.54) is 6.08 Å². The van der Waals surface area contributed by atoms with E-state index >= 15 is 0 Å². The van der Waals surface area contributed by atoms with Gasteiger partial charge >= 0.3 is 5.97 Å². The molecule has 0 aliphatic carbocycles. The third-order valence-corrected chi connectivity index (χ3v) is 3.12. The van der Waals surface area contributed by atoms with Gasteiger partial charge in [0.25, 0.3) is 0 Å². The number of nitrogens with one attached hydrogen (secondary N) is 1. The van der Waals surface area contributed by atoms with E-state index in [4.69, 9.17) is 0 Å². The summed E-state index contributed by atoms with van der Waals surface area (Å²) in [5.41, 5.74) is 1.75. The summed E-state index contributed by atoms with van der Waals surface area (Å²) in [7, 11) is 0. The van der Waals surface area contributed by atoms with E-state index < -0.39 is 17.9 Å². The van der Waals surface area contributed by atoms with Crippen molar-refractivity contribution < 1.29 is 14.7 Å². The van der Waals surface area contributed by atoms with Crippen molar-refractivity contribution in [3.8, 4) is 0 Å². The molecule has 0 aliphatic heterocycles. The van der Waals surface area contributed by atoms with Crippen molar-refractivity contribution in [2.24, 2.45) is 0 Å². The highest BCUT2D eigenvalue weighted by Gasteiger charge is 2.19. The standard InChI is InChI=1S/C18H17NO3/c20-17(12-11-14-7-3-1-4-8-14)19-16(18(21)22)13-15-9-5-2-6-10-15/h1-12,16H,13H2,(H,19,20)(H,21,22). The highest BCUT2D eigenvalue weighted by atomic mass is 16.4. The van der Waals surface area contributed by atoms with Crippen LogP contribution in [-0.2, 0) is 16.0 Å². The Kier molecular flexibility index (Phi) is 5.49. The van der Waals surface area contributed by atoms with Crippen LogP contribution in [0.4, 0.5) is 0 Å². The molecule has 0 fully saturated rings. The van der Waals surface area contributed by atoms with Gasteiger partial charge in [0.15, 0.2) is 0 Å². The monoisotopic (exact) mass is 295 g/mol. The van der Waals surface area contributed by atoms with Gasteiger partial charge in [0.1, 0.15) is 6.04 Å². The summed E-state index contributed by atoms with van der Waals surface area (Å²) in [6, 6.07) is 17.6. The molecule has 0 spiro atoms. The fraction of sp³-hybridized carbons (Fsp3) is 0.111. The number of amides is 1. The molecule has 0 saturated heterocycles. The Balaban J connectivity index is 1.97. The lowest BCUT2D eigenvalue weighted by molar-refractivity contribution is -0.141. The lowest BCUT2D eigenvalue weighted by Gasteiger charge is -2.13. The van der Waals surface area contributed by atoms with Gasteiger partial charge in [-0.3, -0.25) is 4.79 Å². The molecule has 22 heavy (non-hydrogen) atoms. The molecule has 0 saturated carbocycles. The fourth-order valence-corrected chi connectivity index (χ4v) is 2.01. The summed E-state index contributed by atoms with van der Waals surface area (Å²) < 4.78 is 0. The maximum Gasteiger partial charge on any atom is 0.326 e. The van der Waals surface area contributed by atoms with Crippen LogP contribution in [0.3, 0.4) is 0 Å². The first-order valence-electron chi connectivity index (χ1n) is 6.95. The van der Waals surface area contributed by atoms with Crippen LogP contribution in [0.2, 0.25) is 0 Å². The lowest BCUT2D eigenvalue weighted by Crippen LogP contribution is -2.41. The molecule has 0 radical (unpaired) electrons. The van der Waals surface area contributed by atoms with E-state index in [0.29, 0.717) is 0 Å². The number of hydrogen-bond acceptors (Lipinski definition) is 2. The van der Waals surface area contributed by atoms with Crippen LogP contribution in [0.1, 0.15) is 11.1 Å². The van der Waals surface area contributed by atoms with Gasteiger partial charge in [-0.25, -0.2) is 4.79 Å². The van der Waals surface area contributed by atoms with Gasteiger partial charge in [0.05, 0.1) is 0 Å². The van der Waals surface area contributed by atoms with Crippen LogP contribution < -0.4 is 5.32 Å². The molecule has 2 aromatic rings. The van der Waals surface area contributed by atoms with Gasteiger partial charge in [0.2, 0.25) is 5.91 Å². The summed E-state index contributed by atoms with van der Waals surface area (Å²) in [5.74, 6) is -1.47. The highest BCUT2D eigenvalue weighted by molar-refractivity contribution is 5.94. The zero-order valence-corrected chi connectivity index (χ0v) is 12.0. The zero-order chi connectivity index (χ0) is 15.8. The molecule has 0 aliphatic rings. The van der Waals surface area contributed by atoms with Crippen molar-refractivity contribution in [1.29, 1.82) is 0 Å². The second kappa shape index (κ2) is 7.78. The topological polar surface area (TPSA) is 66.4 Å². The fourth-order valence-electron chi connectivity index (χ4n) is 2.01. The Morgan fingerprint density at radius 3 is 2.18 bits per heavy atom. The van der Waals surface area contributed by atoms with E-state index in [-0.39, 0.29) is 6.42 Å². The zero-order valence-electron chi connectivity index (χ0n) is 12.0. The molecule has 1 unspecified atom stereocenters. The second-order valence-electron chi connectivity index (χ2n) is 4.83. The first kappa shape index (κ1) is 15.5. The second-order valence-corrected chi connectivity index (χ2v) is 4.83. The molecule has 2 N–H and O–H groups in total. The summed E-state index contributed by atoms with van der Waals surface area (Å²) in [6.07, 6.45) is 3.24. The van der Waals surface area contributed by atoms with Crippen molar-refractivity contribution in [2.45, 2.75) is 12.5 Å². The smallest absolute Gasteiger partial charge is 0.326 e. The van der Waals surface area contributed by atoms with E-state index in [9.17, 15) is 14.7 Å². The van der Waals surface area contributed by atoms with Crippen molar-refractivity contribution in [3.63, 3.8) is 0 Å². The largest absolute Gasteiger partial charge is 0.480 e. The molecule has 0 aromatic heterocycles. The minimum Gasteiger partial charge on any atom is -0.480 e. The summed E-state index contributed by atoms with van der Waals surface area (Å²) >= 11 is 0. The molecule has 0 heterocycles. The number of carbonyl (C=O) groups is 2. The summed E-state index contributed by atoms with van der Waals surface area (Å²) in [6.45, 7) is 0. The average Bonchev–Trinajstić information content (AvgIpc) is 2.54. The maximum absolute atomic E-state index is 11.9. The quantitative estimate of drug-likeness (QED) is 0.805. The maximum atomic E-state index is 11.9. The van der Waals surface area contributed by atoms with E-state index in [1.54, 1.807) is 6.08 Å². The number of aliphatic carboxylic acids is 1. The average molecular weight is 295 g/mol. The number of rotatable bonds is 6. The predicted octanol–water partition coefficient (Wildman–Crippen LogP) is 2.51. The number of carboxylic acid groups (broad SMARTS) is 1. The van der Waals surface area contributed by atoms with Crippen molar-refractivity contribution in [1.82, 2.24) is 5.32 Å². The van der Waals surface area contributed by atoms with Crippen LogP contribution in [-0.4, -0.2) is 23.0 Å². The Bertz CT molecular complexity index is 651. The Morgan fingerprint density at radius 1 is 1.00 bits per heavy atom. The minimum absolute atomic E-state index is 0.251. The third-order valence-electron chi connectivity index (χ3n) is 3.12. The molecule has 1 atom stereocenters. The molecule has 4 heteroatoms. The highest BCUT2D eigenvalue weighted by Crippen LogP contribution is 2.04. The SMILES string of the molecule is O=C(C=Cc1ccccc1)NC(Cc1ccccc1)C(=O)O. The first-order chi connectivity index (χ1) is 10.6. The number of benzene rings is 2. The van der Waals surface area contributed by atoms with Gasteiger partial charge in [-0.1, -0.05) is 60.7 Å². The van der Waals surface area contributed by atoms with Crippen LogP contribution in [0, 0.1) is 0 Å². The molecule has 1 amide bonds. The van der Waals surface area contributed by atoms with Gasteiger partial charge in [0, 0.05) is 12.5 Å². The van der Waals surface area contributed by atoms with E-state index in [2.05, 4.69) is 5.32 Å². The van der Waals surface area contributed by atoms with Gasteiger partial charge in [-0.15, -0.1) is 0 Å². The van der Waals surface area contributed by atoms with Crippen LogP contribution in [0.25, 0.3) is 6.08 Å². The van der Waals surface area contributed by atoms with Crippen LogP contribution in [0.5, 0.6) is 0 Å². The Morgan fingerprint density at radius 2 is 1.59 bits per heavy atom. The van der Waals surface area contributed by atoms with Crippen molar-refractivity contribution >= 4 is 18.0 Å². The molecule has 2 rings (SSSR count). The summed E-state index contributed by atoms with van der Waals surface area (Å²) in [5, 5.41) is 11.7. The van der Waals surface area contributed by atoms with E-state index in [1.807, 2.05) is 60.7 Å². The molecular formula is C18H17NO3. The molecule has 0 bridgehead atoms. The van der Waals surface area contributed by atoms with Gasteiger partial charge in [-0.05, 0) is 17.2 Å². The Hall–Kier alpha value is -2.88. The van der Waals surface area contributed by atoms with Crippen LogP contribution >= 0.6 is 0 Å². The normalized spacial score (nSPS) is 12.0. The number of carboxylic acids is 1. The lowest BCUT2D eigenvalue weighted by atomic mass is 10.1. The third kappa shape index (κ3) is 4.90. The Labute approximate surface area is 129 Å². The summed E-state index contributed by atoms with van der Waals surface area (Å²) in [4.78, 5) is 23.1. The minimum atomic E-state index is -1.05. The predicted molar refractivity (Wildman–Crippen MR) is 85.2 cm³/mol. The number of carbonyl (C=O) groups excluding carboxylic acids is 1. The van der Waals surface area contributed by atoms with Crippen LogP contribution in [0.15, 0.2) is 66.7 Å².